The summed E-state index contributed by atoms with van der Waals surface area (Å²) in [4.78, 5) is 27.8. The molecule has 0 bridgehead atoms. The first-order valence-electron chi connectivity index (χ1n) is 9.50. The van der Waals surface area contributed by atoms with Crippen molar-refractivity contribution in [2.24, 2.45) is 7.05 Å². The molecular formula is C21H30N4O2S. The number of carbonyl (C=O) groups excluding carboxylic acids is 2. The van der Waals surface area contributed by atoms with E-state index in [-0.39, 0.29) is 23.8 Å². The van der Waals surface area contributed by atoms with Crippen LogP contribution in [0.2, 0.25) is 0 Å². The van der Waals surface area contributed by atoms with E-state index in [4.69, 9.17) is 0 Å². The van der Waals surface area contributed by atoms with Crippen molar-refractivity contribution in [3.63, 3.8) is 0 Å². The average Bonchev–Trinajstić information content (AvgIpc) is 3.01. The third-order valence-corrected chi connectivity index (χ3v) is 5.20. The molecule has 2 aromatic rings. The Labute approximate surface area is 171 Å². The van der Waals surface area contributed by atoms with Crippen molar-refractivity contribution in [1.29, 1.82) is 0 Å². The highest BCUT2D eigenvalue weighted by Gasteiger charge is 2.21. The first kappa shape index (κ1) is 22.0. The zero-order valence-corrected chi connectivity index (χ0v) is 18.2. The van der Waals surface area contributed by atoms with Gasteiger partial charge >= 0.3 is 0 Å². The summed E-state index contributed by atoms with van der Waals surface area (Å²) in [7, 11) is 1.80. The number of amides is 2. The van der Waals surface area contributed by atoms with E-state index in [0.29, 0.717) is 18.1 Å². The van der Waals surface area contributed by atoms with Gasteiger partial charge in [0.15, 0.2) is 0 Å². The predicted molar refractivity (Wildman–Crippen MR) is 115 cm³/mol. The van der Waals surface area contributed by atoms with E-state index in [1.54, 1.807) is 16.6 Å². The number of anilines is 1. The van der Waals surface area contributed by atoms with Crippen LogP contribution in [-0.4, -0.2) is 45.3 Å². The molecular weight excluding hydrogens is 372 g/mol. The topological polar surface area (TPSA) is 67.2 Å². The second-order valence-electron chi connectivity index (χ2n) is 7.75. The van der Waals surface area contributed by atoms with Gasteiger partial charge < -0.3 is 10.2 Å². The maximum atomic E-state index is 12.6. The molecule has 7 heteroatoms. The fourth-order valence-electron chi connectivity index (χ4n) is 2.62. The van der Waals surface area contributed by atoms with E-state index in [1.165, 1.54) is 11.8 Å². The van der Waals surface area contributed by atoms with Crippen molar-refractivity contribution in [2.75, 3.05) is 24.2 Å². The molecule has 0 saturated carbocycles. The lowest BCUT2D eigenvalue weighted by molar-refractivity contribution is -0.132. The summed E-state index contributed by atoms with van der Waals surface area (Å²) in [5, 5.41) is 7.35. The molecule has 0 radical (unpaired) electrons. The van der Waals surface area contributed by atoms with Crippen molar-refractivity contribution in [1.82, 2.24) is 14.7 Å². The van der Waals surface area contributed by atoms with Crippen molar-refractivity contribution in [2.45, 2.75) is 44.4 Å². The minimum absolute atomic E-state index is 0.0359. The molecule has 1 N–H and O–H groups in total. The third-order valence-electron chi connectivity index (χ3n) is 4.20. The lowest BCUT2D eigenvalue weighted by Gasteiger charge is -2.21. The molecule has 6 nitrogen and oxygen atoms in total. The zero-order chi connectivity index (χ0) is 20.7. The van der Waals surface area contributed by atoms with Gasteiger partial charge in [0.25, 0.3) is 0 Å². The fraction of sp³-hybridized carbons (Fsp3) is 0.476. The van der Waals surface area contributed by atoms with Crippen LogP contribution in [0.3, 0.4) is 0 Å². The first-order chi connectivity index (χ1) is 13.2. The summed E-state index contributed by atoms with van der Waals surface area (Å²) in [5.74, 6) is 0.704. The van der Waals surface area contributed by atoms with Gasteiger partial charge in [0, 0.05) is 30.0 Å². The molecule has 1 aromatic carbocycles. The van der Waals surface area contributed by atoms with Crippen LogP contribution in [-0.2, 0) is 22.1 Å². The Morgan fingerprint density at radius 2 is 1.89 bits per heavy atom. The number of hydrogen-bond acceptors (Lipinski definition) is 4. The van der Waals surface area contributed by atoms with Gasteiger partial charge in [0.2, 0.25) is 11.8 Å². The molecule has 1 aromatic heterocycles. The van der Waals surface area contributed by atoms with E-state index in [0.717, 1.165) is 17.0 Å². The van der Waals surface area contributed by atoms with Crippen LogP contribution < -0.4 is 5.32 Å². The van der Waals surface area contributed by atoms with Gasteiger partial charge in [-0.25, -0.2) is 0 Å². The van der Waals surface area contributed by atoms with Gasteiger partial charge in [0.05, 0.1) is 18.0 Å². The number of thioether (sulfide) groups is 1. The monoisotopic (exact) mass is 402 g/mol. The summed E-state index contributed by atoms with van der Waals surface area (Å²) >= 11 is 1.49. The molecule has 28 heavy (non-hydrogen) atoms. The number of benzene rings is 1. The Hall–Kier alpha value is -2.28. The van der Waals surface area contributed by atoms with Crippen LogP contribution in [0.5, 0.6) is 0 Å². The molecule has 0 unspecified atom stereocenters. The SMILES string of the molecule is CCCN(CC(=O)Nc1cc(C(C)(C)C)nn1C)C(=O)CSc1ccccc1. The zero-order valence-electron chi connectivity index (χ0n) is 17.4. The molecule has 1 heterocycles. The minimum Gasteiger partial charge on any atom is -0.333 e. The minimum atomic E-state index is -0.213. The molecule has 152 valence electrons. The maximum absolute atomic E-state index is 12.6. The Kier molecular flexibility index (Phi) is 7.69. The number of aryl methyl sites for hydroxylation is 1. The van der Waals surface area contributed by atoms with Gasteiger partial charge in [-0.05, 0) is 18.6 Å². The third kappa shape index (κ3) is 6.41. The van der Waals surface area contributed by atoms with Crippen molar-refractivity contribution in [3.8, 4) is 0 Å². The number of aromatic nitrogens is 2. The number of carbonyl (C=O) groups is 2. The Balaban J connectivity index is 1.96. The largest absolute Gasteiger partial charge is 0.333 e. The molecule has 0 saturated heterocycles. The predicted octanol–water partition coefficient (Wildman–Crippen LogP) is 3.69. The molecule has 2 rings (SSSR count). The molecule has 0 aliphatic heterocycles. The van der Waals surface area contributed by atoms with Crippen LogP contribution in [0.4, 0.5) is 5.82 Å². The van der Waals surface area contributed by atoms with E-state index in [2.05, 4.69) is 31.2 Å². The molecule has 0 fully saturated rings. The van der Waals surface area contributed by atoms with Crippen LogP contribution in [0.25, 0.3) is 0 Å². The lowest BCUT2D eigenvalue weighted by Crippen LogP contribution is -2.39. The average molecular weight is 403 g/mol. The van der Waals surface area contributed by atoms with E-state index < -0.39 is 0 Å². The fourth-order valence-corrected chi connectivity index (χ4v) is 3.44. The van der Waals surface area contributed by atoms with Gasteiger partial charge in [-0.1, -0.05) is 45.9 Å². The van der Waals surface area contributed by atoms with Crippen molar-refractivity contribution >= 4 is 29.4 Å². The summed E-state index contributed by atoms with van der Waals surface area (Å²) in [5.41, 5.74) is 0.811. The quantitative estimate of drug-likeness (QED) is 0.684. The number of hydrogen-bond donors (Lipinski definition) is 1. The highest BCUT2D eigenvalue weighted by Crippen LogP contribution is 2.23. The van der Waals surface area contributed by atoms with Crippen LogP contribution >= 0.6 is 11.8 Å². The number of nitrogens with one attached hydrogen (secondary N) is 1. The van der Waals surface area contributed by atoms with Crippen LogP contribution in [0.1, 0.15) is 39.8 Å². The normalized spacial score (nSPS) is 11.3. The van der Waals surface area contributed by atoms with Gasteiger partial charge in [-0.15, -0.1) is 11.8 Å². The highest BCUT2D eigenvalue weighted by molar-refractivity contribution is 8.00. The molecule has 0 aliphatic carbocycles. The summed E-state index contributed by atoms with van der Waals surface area (Å²) < 4.78 is 1.66. The maximum Gasteiger partial charge on any atom is 0.245 e. The second-order valence-corrected chi connectivity index (χ2v) is 8.80. The lowest BCUT2D eigenvalue weighted by atomic mass is 9.92. The van der Waals surface area contributed by atoms with Gasteiger partial charge in [-0.2, -0.15) is 5.10 Å². The molecule has 0 spiro atoms. The number of rotatable bonds is 8. The van der Waals surface area contributed by atoms with Crippen LogP contribution in [0.15, 0.2) is 41.3 Å². The van der Waals surface area contributed by atoms with Crippen LogP contribution in [0, 0.1) is 0 Å². The molecule has 0 atom stereocenters. The summed E-state index contributed by atoms with van der Waals surface area (Å²) in [6, 6.07) is 11.7. The highest BCUT2D eigenvalue weighted by atomic mass is 32.2. The standard InChI is InChI=1S/C21H30N4O2S/c1-6-12-25(20(27)15-28-16-10-8-7-9-11-16)14-19(26)22-18-13-17(21(2,3)4)23-24(18)5/h7-11,13H,6,12,14-15H2,1-5H3,(H,22,26). The molecule has 0 aliphatic rings. The van der Waals surface area contributed by atoms with Gasteiger partial charge in [-0.3, -0.25) is 14.3 Å². The summed E-state index contributed by atoms with van der Waals surface area (Å²) in [6.07, 6.45) is 0.801. The van der Waals surface area contributed by atoms with Crippen molar-refractivity contribution < 1.29 is 9.59 Å². The Morgan fingerprint density at radius 1 is 1.21 bits per heavy atom. The summed E-state index contributed by atoms with van der Waals surface area (Å²) in [6.45, 7) is 8.82. The second kappa shape index (κ2) is 9.78. The van der Waals surface area contributed by atoms with E-state index in [1.807, 2.05) is 43.3 Å². The van der Waals surface area contributed by atoms with E-state index >= 15 is 0 Å². The van der Waals surface area contributed by atoms with E-state index in [9.17, 15) is 9.59 Å². The van der Waals surface area contributed by atoms with Crippen molar-refractivity contribution in [3.05, 3.63) is 42.1 Å². The molecule has 2 amide bonds. The Bertz CT molecular complexity index is 796. The smallest absolute Gasteiger partial charge is 0.245 e. The number of nitrogens with zero attached hydrogens (tertiary/aromatic N) is 3. The Morgan fingerprint density at radius 3 is 2.46 bits per heavy atom. The van der Waals surface area contributed by atoms with Gasteiger partial charge in [0.1, 0.15) is 5.82 Å². The first-order valence-corrected chi connectivity index (χ1v) is 10.5.